The van der Waals surface area contributed by atoms with E-state index in [2.05, 4.69) is 86.3 Å². The maximum Gasteiger partial charge on any atom is 0.239 e. The van der Waals surface area contributed by atoms with Crippen molar-refractivity contribution in [2.24, 2.45) is 64.4 Å². The molecule has 49 heteroatoms. The van der Waals surface area contributed by atoms with Gasteiger partial charge in [-0.05, 0) is 246 Å². The predicted molar refractivity (Wildman–Crippen MR) is 616 cm³/mol. The van der Waals surface area contributed by atoms with E-state index in [-0.39, 0.29) is 75.6 Å². The van der Waals surface area contributed by atoms with Crippen LogP contribution >= 0.6 is 103 Å². The molecule has 4 unspecified atom stereocenters. The molecule has 13 aromatic rings. The second kappa shape index (κ2) is 42.6. The first-order chi connectivity index (χ1) is 69.6. The van der Waals surface area contributed by atoms with Gasteiger partial charge >= 0.3 is 0 Å². The highest BCUT2D eigenvalue weighted by Gasteiger charge is 2.47. The molecule has 0 fully saturated rings. The molecule has 32 nitrogen and oxygen atoms in total. The van der Waals surface area contributed by atoms with Crippen molar-refractivity contribution in [2.75, 3.05) is 76.8 Å². The van der Waals surface area contributed by atoms with E-state index in [1.54, 1.807) is 103 Å². The summed E-state index contributed by atoms with van der Waals surface area (Å²) in [5, 5.41) is 39.5. The molecule has 19 rings (SSSR count). The first kappa shape index (κ1) is 112. The SMILES string of the molecule is C=S1(=O)C[C@@](C)(c2cc(-c3cc(F)cc(C#N)c3)cs2)N=C(N)N1C.C=S1(=O)C[C@@](C)(c2cc(-c3ccc(F)c(C#N)c3)cs2)N=C(N)N1C.C=S1(=O)C[C@@](C)(c2cc(-c3cccc(C#N)c3)cs2)N=C(N)N1C.C=S1(=O)C[C@@](C)(c2sc(-c3cc4cccc(Cl)c4[nH]3)cc2Cl)N=C(N)N1C.CC#Cc1cncc(-c2csc([C@]3(C)CS(=O)(=O)N(C)C(N)=N3)c2)c1.CN1C(N)=N[C@](C)(c2cc(-c3cncc(Cl)c3)cs2)CS1(=O)=O. The Balaban J connectivity index is 0.000000141. The molecule has 13 N–H and O–H groups in total. The van der Waals surface area contributed by atoms with Gasteiger partial charge in [-0.3, -0.25) is 27.2 Å². The number of aromatic amines is 1. The Morgan fingerprint density at radius 1 is 0.389 bits per heavy atom. The number of thiophene rings is 6. The lowest BCUT2D eigenvalue weighted by Crippen LogP contribution is -2.50. The number of aromatic nitrogens is 3. The highest BCUT2D eigenvalue weighted by Crippen LogP contribution is 2.49. The highest BCUT2D eigenvalue weighted by molar-refractivity contribution is 7.99. The van der Waals surface area contributed by atoms with E-state index in [0.29, 0.717) is 31.9 Å². The molecule has 15 heterocycles. The van der Waals surface area contributed by atoms with Gasteiger partial charge in [0, 0.05) is 114 Å². The van der Waals surface area contributed by atoms with Crippen molar-refractivity contribution in [3.63, 3.8) is 0 Å². The van der Waals surface area contributed by atoms with Gasteiger partial charge in [-0.25, -0.2) is 81.0 Å². The van der Waals surface area contributed by atoms with E-state index in [4.69, 9.17) is 85.0 Å². The van der Waals surface area contributed by atoms with Gasteiger partial charge in [0.15, 0.2) is 0 Å². The van der Waals surface area contributed by atoms with Crippen molar-refractivity contribution in [3.05, 3.63) is 263 Å². The molecule has 0 saturated carbocycles. The Bertz CT molecular complexity index is 8680. The Kier molecular flexibility index (Phi) is 32.0. The van der Waals surface area contributed by atoms with E-state index in [1.807, 2.05) is 158 Å². The second-order valence-corrected chi connectivity index (χ2v) is 57.2. The van der Waals surface area contributed by atoms with Gasteiger partial charge in [0.25, 0.3) is 0 Å². The molecule has 4 aromatic carbocycles. The Morgan fingerprint density at radius 2 is 0.765 bits per heavy atom. The van der Waals surface area contributed by atoms with Gasteiger partial charge in [-0.15, -0.1) is 73.9 Å². The van der Waals surface area contributed by atoms with E-state index >= 15 is 0 Å². The minimum absolute atomic E-state index is 0.00111. The van der Waals surface area contributed by atoms with Crippen LogP contribution in [0.1, 0.15) is 100.0 Å². The fraction of sp³-hybridized carbons (Fsp3) is 0.250. The summed E-state index contributed by atoms with van der Waals surface area (Å²) in [7, 11) is -7.76. The monoisotopic (exact) mass is 2290 g/mol. The molecule has 9 aromatic heterocycles. The number of hydrogen-bond donors (Lipinski definition) is 7. The maximum atomic E-state index is 13.7. The predicted octanol–water partition coefficient (Wildman–Crippen LogP) is 16.0. The molecular formula is C100H103Cl3F2N24O8S12. The summed E-state index contributed by atoms with van der Waals surface area (Å²) in [5.41, 5.74) is 42.8. The van der Waals surface area contributed by atoms with Crippen molar-refractivity contribution >= 4 is 232 Å². The minimum Gasteiger partial charge on any atom is -0.369 e. The number of nitrogens with zero attached hydrogens (tertiary/aromatic N) is 17. The number of guanidine groups is 6. The van der Waals surface area contributed by atoms with Crippen molar-refractivity contribution in [2.45, 2.75) is 81.7 Å². The van der Waals surface area contributed by atoms with Gasteiger partial charge < -0.3 is 39.4 Å². The van der Waals surface area contributed by atoms with Crippen LogP contribution in [-0.4, -0.2) is 210 Å². The number of nitrogens with two attached hydrogens (primary N) is 6. The lowest BCUT2D eigenvalue weighted by atomic mass is 10.0. The Labute approximate surface area is 904 Å². The normalized spacial score (nSPS) is 25.1. The largest absolute Gasteiger partial charge is 0.369 e. The quantitative estimate of drug-likeness (QED) is 0.0441. The number of pyridine rings is 2. The van der Waals surface area contributed by atoms with Gasteiger partial charge in [0.2, 0.25) is 55.8 Å². The van der Waals surface area contributed by atoms with Crippen LogP contribution in [0.15, 0.2) is 215 Å². The number of rotatable bonds is 12. The zero-order valence-corrected chi connectivity index (χ0v) is 94.7. The number of para-hydroxylation sites is 1. The van der Waals surface area contributed by atoms with Crippen molar-refractivity contribution in [3.8, 4) is 96.3 Å². The summed E-state index contributed by atoms with van der Waals surface area (Å²) in [6.45, 7) is 12.9. The number of benzene rings is 4. The zero-order chi connectivity index (χ0) is 109. The topological polar surface area (TPSA) is 499 Å². The van der Waals surface area contributed by atoms with Crippen LogP contribution < -0.4 is 34.4 Å². The summed E-state index contributed by atoms with van der Waals surface area (Å²) in [5.74, 6) is 21.7. The third kappa shape index (κ3) is 24.0. The summed E-state index contributed by atoms with van der Waals surface area (Å²) in [6.07, 6.45) is 6.75. The van der Waals surface area contributed by atoms with Crippen LogP contribution in [-0.2, 0) is 92.1 Å². The lowest BCUT2D eigenvalue weighted by Gasteiger charge is -2.36. The van der Waals surface area contributed by atoms with Gasteiger partial charge in [0.05, 0.1) is 138 Å². The molecular weight excluding hydrogens is 2190 g/mol. The molecule has 0 aliphatic carbocycles. The first-order valence-electron chi connectivity index (χ1n) is 44.5. The van der Waals surface area contributed by atoms with E-state index in [1.165, 1.54) is 112 Å². The van der Waals surface area contributed by atoms with E-state index in [0.717, 1.165) is 115 Å². The first-order valence-corrected chi connectivity index (χ1v) is 61.4. The van der Waals surface area contributed by atoms with Gasteiger partial charge in [0.1, 0.15) is 50.9 Å². The third-order valence-electron chi connectivity index (χ3n) is 25.1. The fourth-order valence-corrected chi connectivity index (χ4v) is 33.9. The van der Waals surface area contributed by atoms with Crippen LogP contribution in [0.2, 0.25) is 15.1 Å². The second-order valence-electron chi connectivity index (χ2n) is 36.8. The molecule has 6 aliphatic heterocycles. The average molecular weight is 2300 g/mol. The number of nitriles is 3. The molecule has 0 bridgehead atoms. The Morgan fingerprint density at radius 3 is 1.17 bits per heavy atom. The number of aliphatic imine (C=N–C) groups is 6. The molecule has 778 valence electrons. The molecule has 10 atom stereocenters. The van der Waals surface area contributed by atoms with Crippen molar-refractivity contribution in [1.29, 1.82) is 15.8 Å². The molecule has 6 aliphatic rings. The van der Waals surface area contributed by atoms with Crippen molar-refractivity contribution in [1.82, 2.24) is 40.8 Å². The smallest absolute Gasteiger partial charge is 0.239 e. The number of H-pyrrole nitrogens is 1. The van der Waals surface area contributed by atoms with Crippen LogP contribution in [0.4, 0.5) is 8.78 Å². The fourth-order valence-electron chi connectivity index (χ4n) is 16.6. The highest BCUT2D eigenvalue weighted by atomic mass is 35.5. The third-order valence-corrected chi connectivity index (χ3v) is 46.0. The van der Waals surface area contributed by atoms with Gasteiger partial charge in [-0.2, -0.15) is 15.8 Å². The summed E-state index contributed by atoms with van der Waals surface area (Å²) in [6, 6.07) is 45.1. The van der Waals surface area contributed by atoms with E-state index in [9.17, 15) is 42.5 Å². The van der Waals surface area contributed by atoms with Crippen LogP contribution in [0, 0.1) is 57.5 Å². The molecule has 0 spiro atoms. The molecule has 0 saturated heterocycles. The van der Waals surface area contributed by atoms with Gasteiger partial charge in [-0.1, -0.05) is 71.1 Å². The molecule has 0 radical (unpaired) electrons. The number of nitrogens with one attached hydrogen (secondary N) is 1. The number of hydrogen-bond acceptors (Lipinski definition) is 31. The summed E-state index contributed by atoms with van der Waals surface area (Å²) < 4.78 is 135. The maximum absolute atomic E-state index is 13.7. The summed E-state index contributed by atoms with van der Waals surface area (Å²) >= 11 is 27.6. The lowest BCUT2D eigenvalue weighted by molar-refractivity contribution is 0.480. The Hall–Kier alpha value is -12.7. The van der Waals surface area contributed by atoms with Crippen LogP contribution in [0.25, 0.3) is 77.1 Å². The zero-order valence-electron chi connectivity index (χ0n) is 82.6. The van der Waals surface area contributed by atoms with E-state index < -0.39 is 104 Å². The number of fused-ring (bicyclic) bond motifs is 1. The summed E-state index contributed by atoms with van der Waals surface area (Å²) in [4.78, 5) is 44.8. The molecule has 0 amide bonds. The van der Waals surface area contributed by atoms with Crippen LogP contribution in [0.3, 0.4) is 0 Å². The van der Waals surface area contributed by atoms with Crippen molar-refractivity contribution < 1.29 is 42.5 Å². The number of sulfonamides is 2. The number of halogens is 5. The van der Waals surface area contributed by atoms with Crippen LogP contribution in [0.5, 0.6) is 0 Å². The minimum atomic E-state index is -3.48. The molecule has 149 heavy (non-hydrogen) atoms. The standard InChI is InChI=1S/C18H18Cl2N4OS2.2C17H17FN4OS2.C17H18N4O2S2.C17H18N4OS2.C14H15ClN4O2S2/c1-18(9-27(3,25)24(2)17(21)23-18)16-12(20)8-14(26-16)13-7-10-5-4-6-11(19)15(10)22-13;1-17(10-25(3,23)22(2)16(20)21-17)15-7-13(9-24-15)12-4-11(8-19)5-14(18)6-12;1-17(10-25(3,23)22(2)16(20)21-17)15-7-13(9-24-15)11-4-5-14(18)12(6-11)8-19;1-4-5-12-6-13(9-19-8-12)14-7-15(24-10-14)17(2)11-25(22,23)21(3)16(18)20-17;1-17(11-24(3,22)21(2)16(19)20-17)15-8-14(10-23-15)13-6-4-5-12(7-13)9-18;1-14(8-23(20,21)19(2)13(16)18-14)12-4-10(7-22-12)9-3-11(15)6-17-5-9/h4-8,22H,3,9H2,1-2H3,(H2,21,23);2*4-7,9H,3,10H2,1-2H3,(H2,20,21);6-10H,11H2,1-3H3,(H2,18,20);4-8,10H,3,11H2,1-2H3,(H2,19,20);3-7H,8H2,1-2H3,(H2,16,18)/t18-,27?;2*17-,25?;17-;17-,24?;14-/m000000/s1. The average Bonchev–Trinajstić information content (AvgIpc) is 1.63.